The fourth-order valence-corrected chi connectivity index (χ4v) is 2.48. The van der Waals surface area contributed by atoms with Gasteiger partial charge in [0.15, 0.2) is 0 Å². The number of para-hydroxylation sites is 1. The smallest absolute Gasteiger partial charge is 0.250 e. The van der Waals surface area contributed by atoms with Crippen molar-refractivity contribution in [2.75, 3.05) is 12.9 Å². The van der Waals surface area contributed by atoms with E-state index in [9.17, 15) is 4.79 Å². The number of halogens is 1. The zero-order valence-corrected chi connectivity index (χ0v) is 13.5. The molecule has 0 saturated carbocycles. The van der Waals surface area contributed by atoms with Crippen LogP contribution in [0, 0.1) is 0 Å². The fourth-order valence-electron chi connectivity index (χ4n) is 1.66. The van der Waals surface area contributed by atoms with Crippen molar-refractivity contribution in [2.45, 2.75) is 4.90 Å². The lowest BCUT2D eigenvalue weighted by Crippen LogP contribution is -2.19. The number of methoxy groups -OCH3 is 1. The quantitative estimate of drug-likeness (QED) is 0.499. The van der Waals surface area contributed by atoms with Crippen LogP contribution in [0.5, 0.6) is 5.75 Å². The van der Waals surface area contributed by atoms with Crippen molar-refractivity contribution in [3.05, 3.63) is 59.1 Å². The van der Waals surface area contributed by atoms with Gasteiger partial charge in [-0.2, -0.15) is 5.10 Å². The second kappa shape index (κ2) is 8.46. The molecule has 2 rings (SSSR count). The first-order valence-corrected chi connectivity index (χ1v) is 7.88. The number of hydrazone groups is 1. The Morgan fingerprint density at radius 3 is 2.73 bits per heavy atom. The van der Waals surface area contributed by atoms with Crippen LogP contribution < -0.4 is 10.2 Å². The Kier molecular flexibility index (Phi) is 6.30. The summed E-state index contributed by atoms with van der Waals surface area (Å²) >= 11 is 7.23. The predicted octanol–water partition coefficient (Wildman–Crippen LogP) is 3.59. The van der Waals surface area contributed by atoms with Gasteiger partial charge in [0.05, 0.1) is 19.1 Å². The first-order chi connectivity index (χ1) is 10.7. The van der Waals surface area contributed by atoms with Crippen molar-refractivity contribution in [1.29, 1.82) is 0 Å². The fraction of sp³-hybridized carbons (Fsp3) is 0.125. The number of carbonyl (C=O) groups is 1. The highest BCUT2D eigenvalue weighted by atomic mass is 35.5. The number of amides is 1. The molecule has 0 saturated heterocycles. The number of carbonyl (C=O) groups excluding carboxylic acids is 1. The molecule has 0 spiro atoms. The first-order valence-electron chi connectivity index (χ1n) is 6.52. The van der Waals surface area contributed by atoms with Gasteiger partial charge in [0.25, 0.3) is 0 Å². The standard InChI is InChI=1S/C16H15ClN2O2S/c1-21-15-5-3-2-4-12(15)10-18-19-16(20)11-22-14-8-6-13(17)7-9-14/h2-10H,11H2,1H3,(H,19,20)/b18-10-. The zero-order chi connectivity index (χ0) is 15.8. The molecule has 2 aromatic carbocycles. The monoisotopic (exact) mass is 334 g/mol. The Labute approximate surface area is 138 Å². The van der Waals surface area contributed by atoms with Gasteiger partial charge in [-0.1, -0.05) is 23.7 Å². The van der Waals surface area contributed by atoms with Gasteiger partial charge in [0.2, 0.25) is 5.91 Å². The van der Waals surface area contributed by atoms with Crippen molar-refractivity contribution in [3.63, 3.8) is 0 Å². The lowest BCUT2D eigenvalue weighted by atomic mass is 10.2. The van der Waals surface area contributed by atoms with Gasteiger partial charge < -0.3 is 4.74 Å². The molecule has 0 atom stereocenters. The summed E-state index contributed by atoms with van der Waals surface area (Å²) in [5.41, 5.74) is 3.29. The van der Waals surface area contributed by atoms with Crippen molar-refractivity contribution in [3.8, 4) is 5.75 Å². The molecule has 22 heavy (non-hydrogen) atoms. The summed E-state index contributed by atoms with van der Waals surface area (Å²) in [6.45, 7) is 0. The molecule has 0 bridgehead atoms. The molecular weight excluding hydrogens is 320 g/mol. The Morgan fingerprint density at radius 1 is 1.27 bits per heavy atom. The van der Waals surface area contributed by atoms with Crippen LogP contribution in [0.25, 0.3) is 0 Å². The molecule has 0 unspecified atom stereocenters. The van der Waals surface area contributed by atoms with Crippen LogP contribution in [0.4, 0.5) is 0 Å². The molecule has 0 aliphatic rings. The van der Waals surface area contributed by atoms with Crippen LogP contribution in [-0.4, -0.2) is 25.0 Å². The maximum absolute atomic E-state index is 11.7. The third-order valence-corrected chi connectivity index (χ3v) is 3.98. The topological polar surface area (TPSA) is 50.7 Å². The molecule has 0 radical (unpaired) electrons. The van der Waals surface area contributed by atoms with Gasteiger partial charge in [0, 0.05) is 15.5 Å². The summed E-state index contributed by atoms with van der Waals surface area (Å²) in [6, 6.07) is 14.8. The number of hydrogen-bond donors (Lipinski definition) is 1. The number of ether oxygens (including phenoxy) is 1. The third kappa shape index (κ3) is 5.09. The Balaban J connectivity index is 1.82. The highest BCUT2D eigenvalue weighted by Crippen LogP contribution is 2.20. The molecule has 6 heteroatoms. The molecule has 1 N–H and O–H groups in total. The summed E-state index contributed by atoms with van der Waals surface area (Å²) < 4.78 is 5.20. The number of thioether (sulfide) groups is 1. The molecule has 0 aromatic heterocycles. The van der Waals surface area contributed by atoms with Crippen molar-refractivity contribution >= 4 is 35.5 Å². The van der Waals surface area contributed by atoms with Crippen LogP contribution in [0.15, 0.2) is 58.5 Å². The average Bonchev–Trinajstić information content (AvgIpc) is 2.55. The van der Waals surface area contributed by atoms with E-state index in [0.29, 0.717) is 10.8 Å². The van der Waals surface area contributed by atoms with E-state index in [1.54, 1.807) is 25.5 Å². The highest BCUT2D eigenvalue weighted by Gasteiger charge is 2.02. The summed E-state index contributed by atoms with van der Waals surface area (Å²) in [7, 11) is 1.59. The molecule has 2 aromatic rings. The summed E-state index contributed by atoms with van der Waals surface area (Å²) in [5.74, 6) is 0.812. The van der Waals surface area contributed by atoms with Crippen molar-refractivity contribution < 1.29 is 9.53 Å². The van der Waals surface area contributed by atoms with E-state index < -0.39 is 0 Å². The van der Waals surface area contributed by atoms with Crippen LogP contribution in [0.3, 0.4) is 0 Å². The zero-order valence-electron chi connectivity index (χ0n) is 12.0. The van der Waals surface area contributed by atoms with Gasteiger partial charge in [-0.3, -0.25) is 4.79 Å². The molecule has 4 nitrogen and oxygen atoms in total. The van der Waals surface area contributed by atoms with Gasteiger partial charge in [-0.25, -0.2) is 5.43 Å². The van der Waals surface area contributed by atoms with Crippen molar-refractivity contribution in [2.24, 2.45) is 5.10 Å². The molecule has 0 fully saturated rings. The molecule has 114 valence electrons. The SMILES string of the molecule is COc1ccccc1/C=N\NC(=O)CSc1ccc(Cl)cc1. The molecule has 0 heterocycles. The summed E-state index contributed by atoms with van der Waals surface area (Å²) in [5, 5.41) is 4.61. The second-order valence-electron chi connectivity index (χ2n) is 4.28. The first kappa shape index (κ1) is 16.4. The summed E-state index contributed by atoms with van der Waals surface area (Å²) in [4.78, 5) is 12.7. The van der Waals surface area contributed by atoms with Crippen LogP contribution in [0.1, 0.15) is 5.56 Å². The Hall–Kier alpha value is -1.98. The minimum absolute atomic E-state index is 0.175. The molecule has 0 aliphatic heterocycles. The maximum atomic E-state index is 11.7. The van der Waals surface area contributed by atoms with E-state index in [0.717, 1.165) is 10.5 Å². The summed E-state index contributed by atoms with van der Waals surface area (Å²) in [6.07, 6.45) is 1.56. The second-order valence-corrected chi connectivity index (χ2v) is 5.76. The largest absolute Gasteiger partial charge is 0.496 e. The number of hydrogen-bond acceptors (Lipinski definition) is 4. The molecular formula is C16H15ClN2O2S. The Bertz CT molecular complexity index is 659. The van der Waals surface area contributed by atoms with E-state index >= 15 is 0 Å². The Morgan fingerprint density at radius 2 is 2.00 bits per heavy atom. The predicted molar refractivity (Wildman–Crippen MR) is 90.9 cm³/mol. The van der Waals surface area contributed by atoms with Gasteiger partial charge in [-0.05, 0) is 36.4 Å². The minimum atomic E-state index is -0.175. The van der Waals surface area contributed by atoms with Crippen LogP contribution in [0.2, 0.25) is 5.02 Å². The van der Waals surface area contributed by atoms with E-state index in [-0.39, 0.29) is 11.7 Å². The normalized spacial score (nSPS) is 10.6. The van der Waals surface area contributed by atoms with Crippen molar-refractivity contribution in [1.82, 2.24) is 5.43 Å². The van der Waals surface area contributed by atoms with E-state index in [1.165, 1.54) is 11.8 Å². The number of nitrogens with zero attached hydrogens (tertiary/aromatic N) is 1. The number of benzene rings is 2. The van der Waals surface area contributed by atoms with Crippen LogP contribution >= 0.6 is 23.4 Å². The molecule has 1 amide bonds. The minimum Gasteiger partial charge on any atom is -0.496 e. The van der Waals surface area contributed by atoms with E-state index in [4.69, 9.17) is 16.3 Å². The maximum Gasteiger partial charge on any atom is 0.250 e. The molecule has 0 aliphatic carbocycles. The van der Waals surface area contributed by atoms with Gasteiger partial charge in [0.1, 0.15) is 5.75 Å². The van der Waals surface area contributed by atoms with Crippen LogP contribution in [-0.2, 0) is 4.79 Å². The average molecular weight is 335 g/mol. The third-order valence-electron chi connectivity index (χ3n) is 2.72. The van der Waals surface area contributed by atoms with E-state index in [1.807, 2.05) is 36.4 Å². The number of nitrogens with one attached hydrogen (secondary N) is 1. The van der Waals surface area contributed by atoms with Gasteiger partial charge >= 0.3 is 0 Å². The lowest BCUT2D eigenvalue weighted by Gasteiger charge is -2.03. The van der Waals surface area contributed by atoms with Gasteiger partial charge in [-0.15, -0.1) is 11.8 Å². The number of rotatable bonds is 6. The highest BCUT2D eigenvalue weighted by molar-refractivity contribution is 8.00. The van der Waals surface area contributed by atoms with E-state index in [2.05, 4.69) is 10.5 Å². The lowest BCUT2D eigenvalue weighted by molar-refractivity contribution is -0.118.